The van der Waals surface area contributed by atoms with Gasteiger partial charge in [0.25, 0.3) is 5.56 Å². The van der Waals surface area contributed by atoms with Crippen LogP contribution in [0, 0.1) is 0 Å². The molecule has 0 bridgehead atoms. The number of pyridine rings is 1. The van der Waals surface area contributed by atoms with E-state index in [1.807, 2.05) is 10.6 Å². The van der Waals surface area contributed by atoms with Crippen molar-refractivity contribution < 1.29 is 4.74 Å². The van der Waals surface area contributed by atoms with Crippen molar-refractivity contribution in [3.05, 3.63) is 33.7 Å². The number of aromatic nitrogens is 1. The zero-order valence-electron chi connectivity index (χ0n) is 13.6. The van der Waals surface area contributed by atoms with Crippen molar-refractivity contribution in [3.63, 3.8) is 0 Å². The average Bonchev–Trinajstić information content (AvgIpc) is 2.34. The van der Waals surface area contributed by atoms with Gasteiger partial charge in [-0.2, -0.15) is 0 Å². The lowest BCUT2D eigenvalue weighted by molar-refractivity contribution is 0.184. The summed E-state index contributed by atoms with van der Waals surface area (Å²) in [7, 11) is 1.66. The lowest BCUT2D eigenvalue weighted by Crippen LogP contribution is -2.35. The first kappa shape index (κ1) is 16.9. The number of methoxy groups -OCH3 is 1. The zero-order valence-corrected chi connectivity index (χ0v) is 13.6. The van der Waals surface area contributed by atoms with Crippen LogP contribution in [0.5, 0.6) is 0 Å². The molecule has 1 aromatic heterocycles. The normalized spacial score (nSPS) is 12.2. The number of hydrogen-bond donors (Lipinski definition) is 1. The fraction of sp³-hybridized carbons (Fsp3) is 0.688. The number of nitrogens with zero attached hydrogens (tertiary/aromatic N) is 1. The second kappa shape index (κ2) is 7.04. The lowest BCUT2D eigenvalue weighted by Gasteiger charge is -2.25. The predicted octanol–water partition coefficient (Wildman–Crippen LogP) is 2.29. The number of ether oxygens (including phenoxy) is 1. The van der Waals surface area contributed by atoms with Crippen molar-refractivity contribution in [1.29, 1.82) is 0 Å². The summed E-state index contributed by atoms with van der Waals surface area (Å²) in [5.41, 5.74) is 1.88. The van der Waals surface area contributed by atoms with Crippen LogP contribution in [0.3, 0.4) is 0 Å². The molecule has 1 rings (SSSR count). The molecule has 0 amide bonds. The summed E-state index contributed by atoms with van der Waals surface area (Å²) in [6.07, 6.45) is 0. The monoisotopic (exact) mass is 280 g/mol. The third-order valence-corrected chi connectivity index (χ3v) is 3.24. The van der Waals surface area contributed by atoms with Crippen LogP contribution >= 0.6 is 0 Å². The van der Waals surface area contributed by atoms with Gasteiger partial charge in [0.1, 0.15) is 0 Å². The minimum absolute atomic E-state index is 0.0586. The zero-order chi connectivity index (χ0) is 15.3. The molecule has 0 unspecified atom stereocenters. The van der Waals surface area contributed by atoms with Crippen molar-refractivity contribution >= 4 is 0 Å². The van der Waals surface area contributed by atoms with Crippen LogP contribution in [-0.4, -0.2) is 24.3 Å². The molecule has 1 aromatic rings. The minimum atomic E-state index is -0.0586. The van der Waals surface area contributed by atoms with E-state index in [-0.39, 0.29) is 11.0 Å². The summed E-state index contributed by atoms with van der Waals surface area (Å²) < 4.78 is 6.98. The third kappa shape index (κ3) is 4.46. The molecule has 0 fully saturated rings. The van der Waals surface area contributed by atoms with Crippen LogP contribution in [-0.2, 0) is 23.2 Å². The van der Waals surface area contributed by atoms with Crippen LogP contribution in [0.15, 0.2) is 16.9 Å². The summed E-state index contributed by atoms with van der Waals surface area (Å²) in [5, 5.41) is 3.30. The van der Waals surface area contributed by atoms with Crippen LogP contribution in [0.1, 0.15) is 45.9 Å². The number of nitrogens with one attached hydrogen (secondary N) is 1. The SMILES string of the molecule is COCCn1c(C(C)(C)C)ccc(CNC(C)C)c1=O. The molecule has 0 aromatic carbocycles. The second-order valence-corrected chi connectivity index (χ2v) is 6.48. The molecule has 0 aliphatic rings. The highest BCUT2D eigenvalue weighted by molar-refractivity contribution is 5.21. The molecule has 0 aliphatic carbocycles. The lowest BCUT2D eigenvalue weighted by atomic mass is 9.90. The Morgan fingerprint density at radius 2 is 1.95 bits per heavy atom. The highest BCUT2D eigenvalue weighted by Crippen LogP contribution is 2.21. The van der Waals surface area contributed by atoms with Crippen LogP contribution in [0.4, 0.5) is 0 Å². The van der Waals surface area contributed by atoms with Gasteiger partial charge in [-0.25, -0.2) is 0 Å². The van der Waals surface area contributed by atoms with Crippen molar-refractivity contribution in [1.82, 2.24) is 9.88 Å². The summed E-state index contributed by atoms with van der Waals surface area (Å²) in [6, 6.07) is 4.37. The topological polar surface area (TPSA) is 43.3 Å². The quantitative estimate of drug-likeness (QED) is 0.869. The fourth-order valence-corrected chi connectivity index (χ4v) is 2.13. The molecular formula is C16H28N2O2. The summed E-state index contributed by atoms with van der Waals surface area (Å²) in [5.74, 6) is 0. The maximum Gasteiger partial charge on any atom is 0.255 e. The Bertz CT molecular complexity index is 484. The molecule has 0 atom stereocenters. The Kier molecular flexibility index (Phi) is 5.96. The van der Waals surface area contributed by atoms with E-state index >= 15 is 0 Å². The first-order valence-corrected chi connectivity index (χ1v) is 7.23. The third-order valence-electron chi connectivity index (χ3n) is 3.24. The molecule has 4 nitrogen and oxygen atoms in total. The summed E-state index contributed by atoms with van der Waals surface area (Å²) >= 11 is 0. The summed E-state index contributed by atoms with van der Waals surface area (Å²) in [6.45, 7) is 12.3. The van der Waals surface area contributed by atoms with Crippen molar-refractivity contribution in [2.45, 2.75) is 59.2 Å². The fourth-order valence-electron chi connectivity index (χ4n) is 2.13. The summed E-state index contributed by atoms with van der Waals surface area (Å²) in [4.78, 5) is 12.6. The van der Waals surface area contributed by atoms with Gasteiger partial charge in [0.2, 0.25) is 0 Å². The van der Waals surface area contributed by atoms with E-state index in [9.17, 15) is 4.79 Å². The smallest absolute Gasteiger partial charge is 0.255 e. The van der Waals surface area contributed by atoms with Gasteiger partial charge in [0, 0.05) is 42.9 Å². The van der Waals surface area contributed by atoms with E-state index in [0.717, 1.165) is 11.3 Å². The predicted molar refractivity (Wildman–Crippen MR) is 83.3 cm³/mol. The van der Waals surface area contributed by atoms with Gasteiger partial charge in [0.05, 0.1) is 6.61 Å². The second-order valence-electron chi connectivity index (χ2n) is 6.48. The molecule has 0 spiro atoms. The van der Waals surface area contributed by atoms with Crippen molar-refractivity contribution in [2.24, 2.45) is 0 Å². The molecule has 0 saturated carbocycles. The van der Waals surface area contributed by atoms with Crippen molar-refractivity contribution in [2.75, 3.05) is 13.7 Å². The maximum absolute atomic E-state index is 12.6. The van der Waals surface area contributed by atoms with Gasteiger partial charge < -0.3 is 14.6 Å². The molecule has 114 valence electrons. The van der Waals surface area contributed by atoms with E-state index in [1.54, 1.807) is 7.11 Å². The van der Waals surface area contributed by atoms with E-state index in [0.29, 0.717) is 25.7 Å². The molecule has 1 N–H and O–H groups in total. The van der Waals surface area contributed by atoms with Gasteiger partial charge >= 0.3 is 0 Å². The first-order chi connectivity index (χ1) is 9.27. The van der Waals surface area contributed by atoms with E-state index in [2.05, 4.69) is 46.0 Å². The van der Waals surface area contributed by atoms with Crippen LogP contribution < -0.4 is 10.9 Å². The van der Waals surface area contributed by atoms with Gasteiger partial charge in [-0.05, 0) is 6.07 Å². The Labute approximate surface area is 122 Å². The standard InChI is InChI=1S/C16H28N2O2/c1-12(2)17-11-13-7-8-14(16(3,4)5)18(15(13)19)9-10-20-6/h7-8,12,17H,9-11H2,1-6H3. The largest absolute Gasteiger partial charge is 0.383 e. The van der Waals surface area contributed by atoms with E-state index in [1.165, 1.54) is 0 Å². The van der Waals surface area contributed by atoms with Gasteiger partial charge in [-0.15, -0.1) is 0 Å². The van der Waals surface area contributed by atoms with E-state index < -0.39 is 0 Å². The average molecular weight is 280 g/mol. The molecule has 0 aliphatic heterocycles. The molecular weight excluding hydrogens is 252 g/mol. The van der Waals surface area contributed by atoms with Gasteiger partial charge in [-0.1, -0.05) is 40.7 Å². The first-order valence-electron chi connectivity index (χ1n) is 7.23. The molecule has 4 heteroatoms. The Morgan fingerprint density at radius 1 is 1.30 bits per heavy atom. The number of hydrogen-bond acceptors (Lipinski definition) is 3. The Balaban J connectivity index is 3.17. The van der Waals surface area contributed by atoms with Crippen LogP contribution in [0.2, 0.25) is 0 Å². The van der Waals surface area contributed by atoms with Crippen molar-refractivity contribution in [3.8, 4) is 0 Å². The Hall–Kier alpha value is -1.13. The maximum atomic E-state index is 12.6. The minimum Gasteiger partial charge on any atom is -0.383 e. The molecule has 1 heterocycles. The Morgan fingerprint density at radius 3 is 2.45 bits per heavy atom. The molecule has 20 heavy (non-hydrogen) atoms. The molecule has 0 saturated heterocycles. The number of rotatable bonds is 6. The van der Waals surface area contributed by atoms with Gasteiger partial charge in [0.15, 0.2) is 0 Å². The van der Waals surface area contributed by atoms with Crippen LogP contribution in [0.25, 0.3) is 0 Å². The highest BCUT2D eigenvalue weighted by Gasteiger charge is 2.20. The van der Waals surface area contributed by atoms with Gasteiger partial charge in [-0.3, -0.25) is 4.79 Å². The molecule has 0 radical (unpaired) electrons. The highest BCUT2D eigenvalue weighted by atomic mass is 16.5. The van der Waals surface area contributed by atoms with E-state index in [4.69, 9.17) is 4.74 Å².